The SMILES string of the molecule is COCCN(CC(C)C)c1cc(C(N)=S)ccn1. The van der Waals surface area contributed by atoms with Crippen molar-refractivity contribution in [2.75, 3.05) is 31.7 Å². The van der Waals surface area contributed by atoms with Gasteiger partial charge in [0.2, 0.25) is 0 Å². The number of nitrogens with two attached hydrogens (primary N) is 1. The number of methoxy groups -OCH3 is 1. The second kappa shape index (κ2) is 7.28. The fraction of sp³-hybridized carbons (Fsp3) is 0.538. The predicted octanol–water partition coefficient (Wildman–Crippen LogP) is 1.82. The van der Waals surface area contributed by atoms with Crippen molar-refractivity contribution in [3.63, 3.8) is 0 Å². The van der Waals surface area contributed by atoms with E-state index in [4.69, 9.17) is 22.7 Å². The van der Waals surface area contributed by atoms with Gasteiger partial charge in [0.15, 0.2) is 0 Å². The van der Waals surface area contributed by atoms with Crippen molar-refractivity contribution < 1.29 is 4.74 Å². The highest BCUT2D eigenvalue weighted by Crippen LogP contribution is 2.14. The average Bonchev–Trinajstić information content (AvgIpc) is 2.34. The van der Waals surface area contributed by atoms with E-state index in [9.17, 15) is 0 Å². The molecule has 0 unspecified atom stereocenters. The number of anilines is 1. The van der Waals surface area contributed by atoms with Gasteiger partial charge in [0.1, 0.15) is 10.8 Å². The molecule has 2 N–H and O–H groups in total. The van der Waals surface area contributed by atoms with Crippen LogP contribution in [0.2, 0.25) is 0 Å². The van der Waals surface area contributed by atoms with Gasteiger partial charge < -0.3 is 15.4 Å². The summed E-state index contributed by atoms with van der Waals surface area (Å²) in [6.07, 6.45) is 1.74. The molecule has 100 valence electrons. The van der Waals surface area contributed by atoms with Gasteiger partial charge in [0, 0.05) is 32.0 Å². The maximum absolute atomic E-state index is 5.64. The Morgan fingerprint density at radius 3 is 2.83 bits per heavy atom. The molecule has 0 radical (unpaired) electrons. The zero-order chi connectivity index (χ0) is 13.5. The smallest absolute Gasteiger partial charge is 0.129 e. The largest absolute Gasteiger partial charge is 0.389 e. The molecular formula is C13H21N3OS. The highest BCUT2D eigenvalue weighted by Gasteiger charge is 2.10. The predicted molar refractivity (Wildman–Crippen MR) is 79.1 cm³/mol. The van der Waals surface area contributed by atoms with Crippen LogP contribution in [0, 0.1) is 5.92 Å². The van der Waals surface area contributed by atoms with Crippen molar-refractivity contribution in [3.8, 4) is 0 Å². The van der Waals surface area contributed by atoms with Crippen LogP contribution in [0.1, 0.15) is 19.4 Å². The molecular weight excluding hydrogens is 246 g/mol. The first kappa shape index (κ1) is 14.9. The van der Waals surface area contributed by atoms with E-state index in [2.05, 4.69) is 23.7 Å². The standard InChI is InChI=1S/C13H21N3OS/c1-10(2)9-16(6-7-17-3)12-8-11(13(14)18)4-5-15-12/h4-5,8,10H,6-7,9H2,1-3H3,(H2,14,18). The molecule has 5 heteroatoms. The molecule has 18 heavy (non-hydrogen) atoms. The Morgan fingerprint density at radius 2 is 2.28 bits per heavy atom. The molecule has 1 aromatic rings. The van der Waals surface area contributed by atoms with Crippen LogP contribution in [0.3, 0.4) is 0 Å². The number of hydrogen-bond acceptors (Lipinski definition) is 4. The number of rotatable bonds is 7. The first-order valence-electron chi connectivity index (χ1n) is 6.04. The normalized spacial score (nSPS) is 10.7. The Labute approximate surface area is 114 Å². The summed E-state index contributed by atoms with van der Waals surface area (Å²) in [5, 5.41) is 0. The van der Waals surface area contributed by atoms with Crippen LogP contribution in [-0.4, -0.2) is 36.8 Å². The monoisotopic (exact) mass is 267 g/mol. The zero-order valence-corrected chi connectivity index (χ0v) is 12.0. The molecule has 0 amide bonds. The van der Waals surface area contributed by atoms with Crippen molar-refractivity contribution in [3.05, 3.63) is 23.9 Å². The summed E-state index contributed by atoms with van der Waals surface area (Å²) in [5.41, 5.74) is 6.49. The molecule has 0 aliphatic rings. The van der Waals surface area contributed by atoms with Gasteiger partial charge in [-0.25, -0.2) is 4.98 Å². The molecule has 4 nitrogen and oxygen atoms in total. The van der Waals surface area contributed by atoms with E-state index < -0.39 is 0 Å². The van der Waals surface area contributed by atoms with E-state index >= 15 is 0 Å². The minimum Gasteiger partial charge on any atom is -0.389 e. The van der Waals surface area contributed by atoms with Crippen LogP contribution in [0.25, 0.3) is 0 Å². The first-order valence-corrected chi connectivity index (χ1v) is 6.45. The Morgan fingerprint density at radius 1 is 1.56 bits per heavy atom. The van der Waals surface area contributed by atoms with Crippen LogP contribution in [-0.2, 0) is 4.74 Å². The highest BCUT2D eigenvalue weighted by atomic mass is 32.1. The lowest BCUT2D eigenvalue weighted by molar-refractivity contribution is 0.204. The van der Waals surface area contributed by atoms with Crippen LogP contribution in [0.5, 0.6) is 0 Å². The summed E-state index contributed by atoms with van der Waals surface area (Å²) in [7, 11) is 1.70. The Kier molecular flexibility index (Phi) is 6.01. The minimum absolute atomic E-state index is 0.398. The molecule has 0 saturated carbocycles. The molecule has 0 atom stereocenters. The first-order chi connectivity index (χ1) is 8.54. The Bertz CT molecular complexity index is 396. The number of thiocarbonyl (C=S) groups is 1. The second-order valence-corrected chi connectivity index (χ2v) is 5.04. The Balaban J connectivity index is 2.89. The van der Waals surface area contributed by atoms with Gasteiger partial charge in [-0.05, 0) is 18.1 Å². The van der Waals surface area contributed by atoms with Gasteiger partial charge in [0.05, 0.1) is 6.61 Å². The van der Waals surface area contributed by atoms with Gasteiger partial charge >= 0.3 is 0 Å². The maximum Gasteiger partial charge on any atom is 0.129 e. The number of ether oxygens (including phenoxy) is 1. The van der Waals surface area contributed by atoms with Crippen molar-refractivity contribution in [2.45, 2.75) is 13.8 Å². The zero-order valence-electron chi connectivity index (χ0n) is 11.2. The summed E-state index contributed by atoms with van der Waals surface area (Å²) in [6, 6.07) is 3.76. The quantitative estimate of drug-likeness (QED) is 0.764. The molecule has 0 aromatic carbocycles. The lowest BCUT2D eigenvalue weighted by Crippen LogP contribution is -2.31. The van der Waals surface area contributed by atoms with E-state index in [1.54, 1.807) is 13.3 Å². The summed E-state index contributed by atoms with van der Waals surface area (Å²) >= 11 is 4.99. The summed E-state index contributed by atoms with van der Waals surface area (Å²) in [5.74, 6) is 1.45. The third kappa shape index (κ3) is 4.58. The minimum atomic E-state index is 0.398. The van der Waals surface area contributed by atoms with Crippen LogP contribution in [0.15, 0.2) is 18.3 Å². The van der Waals surface area contributed by atoms with E-state index in [0.717, 1.165) is 24.5 Å². The van der Waals surface area contributed by atoms with E-state index in [1.165, 1.54) is 0 Å². The summed E-state index contributed by atoms with van der Waals surface area (Å²) in [4.78, 5) is 6.97. The fourth-order valence-corrected chi connectivity index (χ4v) is 1.81. The highest BCUT2D eigenvalue weighted by molar-refractivity contribution is 7.80. The number of aromatic nitrogens is 1. The number of hydrogen-bond donors (Lipinski definition) is 1. The molecule has 0 aliphatic carbocycles. The molecule has 0 spiro atoms. The van der Waals surface area contributed by atoms with Gasteiger partial charge in [0.25, 0.3) is 0 Å². The van der Waals surface area contributed by atoms with Crippen LogP contribution < -0.4 is 10.6 Å². The molecule has 0 saturated heterocycles. The van der Waals surface area contributed by atoms with Gasteiger partial charge in [-0.2, -0.15) is 0 Å². The fourth-order valence-electron chi connectivity index (χ4n) is 1.69. The lowest BCUT2D eigenvalue weighted by atomic mass is 10.2. The topological polar surface area (TPSA) is 51.4 Å². The van der Waals surface area contributed by atoms with Crippen molar-refractivity contribution in [1.29, 1.82) is 0 Å². The van der Waals surface area contributed by atoms with Gasteiger partial charge in [-0.15, -0.1) is 0 Å². The molecule has 0 bridgehead atoms. The van der Waals surface area contributed by atoms with Crippen molar-refractivity contribution in [2.24, 2.45) is 11.7 Å². The molecule has 0 aliphatic heterocycles. The van der Waals surface area contributed by atoms with E-state index in [1.807, 2.05) is 12.1 Å². The van der Waals surface area contributed by atoms with E-state index in [0.29, 0.717) is 17.5 Å². The van der Waals surface area contributed by atoms with Gasteiger partial charge in [-0.1, -0.05) is 26.1 Å². The second-order valence-electron chi connectivity index (χ2n) is 4.60. The molecule has 0 fully saturated rings. The van der Waals surface area contributed by atoms with Crippen molar-refractivity contribution >= 4 is 23.0 Å². The van der Waals surface area contributed by atoms with Crippen molar-refractivity contribution in [1.82, 2.24) is 4.98 Å². The molecule has 1 rings (SSSR count). The van der Waals surface area contributed by atoms with E-state index in [-0.39, 0.29) is 0 Å². The third-order valence-electron chi connectivity index (χ3n) is 2.50. The van der Waals surface area contributed by atoms with Gasteiger partial charge in [-0.3, -0.25) is 0 Å². The third-order valence-corrected chi connectivity index (χ3v) is 2.74. The van der Waals surface area contributed by atoms with Crippen LogP contribution in [0.4, 0.5) is 5.82 Å². The summed E-state index contributed by atoms with van der Waals surface area (Å²) < 4.78 is 5.13. The average molecular weight is 267 g/mol. The summed E-state index contributed by atoms with van der Waals surface area (Å²) in [6.45, 7) is 6.76. The Hall–Kier alpha value is -1.20. The maximum atomic E-state index is 5.64. The van der Waals surface area contributed by atoms with Crippen LogP contribution >= 0.6 is 12.2 Å². The number of nitrogens with zero attached hydrogens (tertiary/aromatic N) is 2. The molecule has 1 aromatic heterocycles. The molecule has 1 heterocycles. The number of pyridine rings is 1. The lowest BCUT2D eigenvalue weighted by Gasteiger charge is -2.25.